The van der Waals surface area contributed by atoms with Gasteiger partial charge in [0.1, 0.15) is 0 Å². The molecule has 0 saturated heterocycles. The Morgan fingerprint density at radius 2 is 1.02 bits per heavy atom. The summed E-state index contributed by atoms with van der Waals surface area (Å²) in [5.41, 5.74) is 21.5. The lowest BCUT2D eigenvalue weighted by atomic mass is 9.35. The van der Waals surface area contributed by atoms with Crippen molar-refractivity contribution in [1.82, 2.24) is 0 Å². The van der Waals surface area contributed by atoms with Crippen molar-refractivity contribution in [1.29, 1.82) is 0 Å². The lowest BCUT2D eigenvalue weighted by Crippen LogP contribution is -2.61. The van der Waals surface area contributed by atoms with Gasteiger partial charge in [-0.2, -0.15) is 11.3 Å². The minimum Gasteiger partial charge on any atom is -0.311 e. The van der Waals surface area contributed by atoms with Gasteiger partial charge in [-0.3, -0.25) is 0 Å². The van der Waals surface area contributed by atoms with Crippen LogP contribution in [0, 0.1) is 6.92 Å². The van der Waals surface area contributed by atoms with E-state index in [-0.39, 0.29) is 44.6 Å². The average molecular weight is 829 g/mol. The molecular formula is C57H73BN2S. The van der Waals surface area contributed by atoms with Gasteiger partial charge in [-0.1, -0.05) is 148 Å². The number of fused-ring (bicyclic) bond motifs is 7. The van der Waals surface area contributed by atoms with Gasteiger partial charge < -0.3 is 9.80 Å². The molecule has 0 spiro atoms. The molecular weight excluding hydrogens is 756 g/mol. The van der Waals surface area contributed by atoms with Crippen LogP contribution in [0.5, 0.6) is 0 Å². The smallest absolute Gasteiger partial charge is 0.264 e. The lowest BCUT2D eigenvalue weighted by molar-refractivity contribution is 0.332. The molecule has 2 aliphatic heterocycles. The number of benzene rings is 4. The van der Waals surface area contributed by atoms with Crippen LogP contribution in [-0.4, -0.2) is 6.71 Å². The van der Waals surface area contributed by atoms with Crippen LogP contribution >= 0.6 is 11.3 Å². The molecule has 0 amide bonds. The zero-order valence-corrected chi connectivity index (χ0v) is 41.9. The van der Waals surface area contributed by atoms with E-state index >= 15 is 0 Å². The topological polar surface area (TPSA) is 6.48 Å². The first-order valence-electron chi connectivity index (χ1n) is 23.4. The van der Waals surface area contributed by atoms with Crippen LogP contribution in [0.25, 0.3) is 0 Å². The van der Waals surface area contributed by atoms with Crippen LogP contribution in [0.1, 0.15) is 187 Å². The van der Waals surface area contributed by atoms with E-state index in [9.17, 15) is 0 Å². The first-order chi connectivity index (χ1) is 28.0. The predicted molar refractivity (Wildman–Crippen MR) is 270 cm³/mol. The molecule has 4 aliphatic rings. The minimum atomic E-state index is -0.0721. The van der Waals surface area contributed by atoms with Crippen molar-refractivity contribution in [3.63, 3.8) is 0 Å². The average Bonchev–Trinajstić information content (AvgIpc) is 3.57. The highest BCUT2D eigenvalue weighted by Crippen LogP contribution is 2.58. The first kappa shape index (κ1) is 42.5. The molecule has 4 heteroatoms. The van der Waals surface area contributed by atoms with Crippen LogP contribution in [-0.2, 0) is 37.9 Å². The summed E-state index contributed by atoms with van der Waals surface area (Å²) in [6.07, 6.45) is 4.78. The molecule has 0 fully saturated rings. The Bertz CT molecular complexity index is 2610. The summed E-state index contributed by atoms with van der Waals surface area (Å²) in [6, 6.07) is 27.5. The number of thiophene rings is 1. The number of hydrogen-bond donors (Lipinski definition) is 0. The van der Waals surface area contributed by atoms with Crippen molar-refractivity contribution < 1.29 is 0 Å². The molecule has 9 rings (SSSR count). The second kappa shape index (κ2) is 13.2. The van der Waals surface area contributed by atoms with Crippen molar-refractivity contribution in [2.24, 2.45) is 0 Å². The summed E-state index contributed by atoms with van der Waals surface area (Å²) in [6.45, 7) is 43.8. The summed E-state index contributed by atoms with van der Waals surface area (Å²) < 4.78 is 1.53. The number of rotatable bonds is 2. The highest BCUT2D eigenvalue weighted by atomic mass is 32.1. The van der Waals surface area contributed by atoms with Gasteiger partial charge in [-0.05, 0) is 157 Å². The second-order valence-corrected chi connectivity index (χ2v) is 26.4. The SMILES string of the molecule is Cc1cc(C(C)(C)C)ccc1N1c2cc(C(C)(C)C)cc3c2B(c2cc4c(cc2N3c2ccc(C(C)(C)C)cc2)C(C)(C)CCC4(C)C)c2sc3c(c21)C(C)(C)CCC3(C)C. The Balaban J connectivity index is 1.47. The van der Waals surface area contributed by atoms with Gasteiger partial charge in [0.15, 0.2) is 0 Å². The summed E-state index contributed by atoms with van der Waals surface area (Å²) >= 11 is 2.15. The van der Waals surface area contributed by atoms with Crippen molar-refractivity contribution in [2.75, 3.05) is 9.80 Å². The molecule has 0 N–H and O–H groups in total. The summed E-state index contributed by atoms with van der Waals surface area (Å²) in [5.74, 6) is 0. The molecule has 4 aromatic carbocycles. The van der Waals surface area contributed by atoms with E-state index in [4.69, 9.17) is 0 Å². The normalized spacial score (nSPS) is 19.5. The lowest BCUT2D eigenvalue weighted by Gasteiger charge is -2.48. The van der Waals surface area contributed by atoms with Crippen molar-refractivity contribution in [3.8, 4) is 0 Å². The van der Waals surface area contributed by atoms with Gasteiger partial charge in [0.25, 0.3) is 6.71 Å². The highest BCUT2D eigenvalue weighted by molar-refractivity contribution is 7.29. The fourth-order valence-corrected chi connectivity index (χ4v) is 13.0. The first-order valence-corrected chi connectivity index (χ1v) is 24.2. The van der Waals surface area contributed by atoms with E-state index in [1.54, 1.807) is 16.0 Å². The number of nitrogens with zero attached hydrogens (tertiary/aromatic N) is 2. The summed E-state index contributed by atoms with van der Waals surface area (Å²) in [5, 5.41) is 0. The van der Waals surface area contributed by atoms with Gasteiger partial charge >= 0.3 is 0 Å². The maximum Gasteiger partial charge on any atom is 0.264 e. The molecule has 2 nitrogen and oxygen atoms in total. The van der Waals surface area contributed by atoms with E-state index in [1.165, 1.54) is 103 Å². The third-order valence-corrected chi connectivity index (χ3v) is 17.3. The van der Waals surface area contributed by atoms with E-state index in [2.05, 4.69) is 212 Å². The molecule has 3 heterocycles. The standard InChI is InChI=1S/C57H73BN2S/c1-34-29-36(52(5,6)7)21-24-42(34)60-45-31-37(53(8,9)10)30-44-47(45)58(50-48(60)46-49(61-50)57(17,18)28-27-56(46,15)16)41-32-39-40(55(13,14)26-25-54(39,11)12)33-43(41)59(44)38-22-19-35(20-23-38)51(2,3)4/h19-24,29-33H,25-28H2,1-18H3. The Kier molecular flexibility index (Phi) is 9.17. The maximum absolute atomic E-state index is 2.78. The monoisotopic (exact) mass is 829 g/mol. The molecule has 2 aliphatic carbocycles. The van der Waals surface area contributed by atoms with Crippen molar-refractivity contribution >= 4 is 67.9 Å². The maximum atomic E-state index is 2.78. The summed E-state index contributed by atoms with van der Waals surface area (Å²) in [4.78, 5) is 7.05. The number of aryl methyl sites for hydroxylation is 1. The van der Waals surface area contributed by atoms with Gasteiger partial charge in [0, 0.05) is 38.1 Å². The third kappa shape index (κ3) is 6.53. The Morgan fingerprint density at radius 3 is 1.57 bits per heavy atom. The van der Waals surface area contributed by atoms with Gasteiger partial charge in [0.2, 0.25) is 0 Å². The third-order valence-electron chi connectivity index (χ3n) is 15.7. The van der Waals surface area contributed by atoms with Crippen molar-refractivity contribution in [3.05, 3.63) is 111 Å². The van der Waals surface area contributed by atoms with E-state index < -0.39 is 0 Å². The second-order valence-electron chi connectivity index (χ2n) is 25.3. The molecule has 5 aromatic rings. The van der Waals surface area contributed by atoms with Crippen LogP contribution in [0.15, 0.2) is 66.7 Å². The predicted octanol–water partition coefficient (Wildman–Crippen LogP) is 14.7. The minimum absolute atomic E-state index is 0.0363. The number of hydrogen-bond acceptors (Lipinski definition) is 3. The highest BCUT2D eigenvalue weighted by Gasteiger charge is 2.52. The fraction of sp³-hybridized carbons (Fsp3) is 0.509. The molecule has 320 valence electrons. The van der Waals surface area contributed by atoms with Gasteiger partial charge in [-0.25, -0.2) is 0 Å². The van der Waals surface area contributed by atoms with Crippen LogP contribution < -0.4 is 25.5 Å². The number of anilines is 6. The molecule has 61 heavy (non-hydrogen) atoms. The van der Waals surface area contributed by atoms with E-state index in [0.717, 1.165) is 0 Å². The molecule has 0 saturated carbocycles. The largest absolute Gasteiger partial charge is 0.311 e. The zero-order chi connectivity index (χ0) is 44.4. The van der Waals surface area contributed by atoms with E-state index in [1.807, 2.05) is 0 Å². The molecule has 0 atom stereocenters. The molecule has 0 unspecified atom stereocenters. The fourth-order valence-electron chi connectivity index (χ4n) is 11.3. The van der Waals surface area contributed by atoms with Gasteiger partial charge in [0.05, 0.1) is 5.69 Å². The van der Waals surface area contributed by atoms with Crippen LogP contribution in [0.3, 0.4) is 0 Å². The Morgan fingerprint density at radius 1 is 0.508 bits per heavy atom. The van der Waals surface area contributed by atoms with Crippen LogP contribution in [0.4, 0.5) is 34.1 Å². The zero-order valence-electron chi connectivity index (χ0n) is 41.1. The quantitative estimate of drug-likeness (QED) is 0.160. The molecule has 0 bridgehead atoms. The van der Waals surface area contributed by atoms with Gasteiger partial charge in [-0.15, -0.1) is 0 Å². The van der Waals surface area contributed by atoms with Crippen LogP contribution in [0.2, 0.25) is 0 Å². The Hall–Kier alpha value is -3.76. The Labute approximate surface area is 374 Å². The molecule has 0 radical (unpaired) electrons. The summed E-state index contributed by atoms with van der Waals surface area (Å²) in [7, 11) is 0. The van der Waals surface area contributed by atoms with Crippen molar-refractivity contribution in [2.45, 2.75) is 188 Å². The molecule has 1 aromatic heterocycles. The van der Waals surface area contributed by atoms with E-state index in [0.29, 0.717) is 0 Å².